The Morgan fingerprint density at radius 2 is 0.600 bits per heavy atom. The summed E-state index contributed by atoms with van der Waals surface area (Å²) in [6.07, 6.45) is 41.5. The first-order chi connectivity index (χ1) is 29.5. The average molecular weight is 823 g/mol. The summed E-state index contributed by atoms with van der Waals surface area (Å²) in [6, 6.07) is 16.7. The summed E-state index contributed by atoms with van der Waals surface area (Å²) in [5, 5.41) is 0. The lowest BCUT2D eigenvalue weighted by Gasteiger charge is -2.25. The fourth-order valence-corrected chi connectivity index (χ4v) is 10.1. The van der Waals surface area contributed by atoms with Crippen LogP contribution in [0, 0.1) is 11.8 Å². The molecule has 0 spiro atoms. The Morgan fingerprint density at radius 3 is 0.883 bits per heavy atom. The van der Waals surface area contributed by atoms with Crippen molar-refractivity contribution in [1.29, 1.82) is 0 Å². The second-order valence-corrected chi connectivity index (χ2v) is 19.0. The first-order valence-corrected chi connectivity index (χ1v) is 26.1. The summed E-state index contributed by atoms with van der Waals surface area (Å²) in [6.45, 7) is 10.6. The molecule has 0 aromatic heterocycles. The molecule has 4 heteroatoms. The van der Waals surface area contributed by atoms with Crippen LogP contribution < -0.4 is 9.80 Å². The van der Waals surface area contributed by atoms with Gasteiger partial charge in [0.1, 0.15) is 0 Å². The highest BCUT2D eigenvalue weighted by Gasteiger charge is 2.42. The van der Waals surface area contributed by atoms with Crippen LogP contribution in [0.2, 0.25) is 0 Å². The number of carbonyl (C=O) groups excluding carboxylic acids is 2. The zero-order valence-electron chi connectivity index (χ0n) is 39.5. The van der Waals surface area contributed by atoms with Gasteiger partial charge in [0, 0.05) is 24.2 Å². The zero-order valence-corrected chi connectivity index (χ0v) is 39.5. The Morgan fingerprint density at radius 1 is 0.350 bits per heavy atom. The molecule has 0 saturated carbocycles. The van der Waals surface area contributed by atoms with Gasteiger partial charge in [-0.25, -0.2) is 0 Å². The lowest BCUT2D eigenvalue weighted by atomic mass is 9.93. The van der Waals surface area contributed by atoms with E-state index in [-0.39, 0.29) is 11.8 Å². The molecule has 2 unspecified atom stereocenters. The van der Waals surface area contributed by atoms with Crippen molar-refractivity contribution in [3.05, 3.63) is 59.7 Å². The van der Waals surface area contributed by atoms with Crippen LogP contribution in [0.25, 0.3) is 11.1 Å². The van der Waals surface area contributed by atoms with Gasteiger partial charge in [-0.2, -0.15) is 0 Å². The summed E-state index contributed by atoms with van der Waals surface area (Å²) in [7, 11) is 0. The minimum Gasteiger partial charge on any atom is -0.307 e. The van der Waals surface area contributed by atoms with Crippen molar-refractivity contribution in [3.63, 3.8) is 0 Å². The lowest BCUT2D eigenvalue weighted by Crippen LogP contribution is -2.34. The van der Waals surface area contributed by atoms with E-state index in [1.165, 1.54) is 205 Å². The fourth-order valence-electron chi connectivity index (χ4n) is 10.1. The average Bonchev–Trinajstić information content (AvgIpc) is 3.69. The third-order valence-electron chi connectivity index (χ3n) is 13.8. The van der Waals surface area contributed by atoms with E-state index in [0.717, 1.165) is 35.6 Å². The van der Waals surface area contributed by atoms with Crippen LogP contribution in [-0.4, -0.2) is 24.9 Å². The second-order valence-electron chi connectivity index (χ2n) is 19.0. The van der Waals surface area contributed by atoms with Crippen molar-refractivity contribution in [2.75, 3.05) is 22.9 Å². The maximum Gasteiger partial charge on any atom is 0.259 e. The first kappa shape index (κ1) is 49.8. The molecular formula is C56H90N2O2. The monoisotopic (exact) mass is 823 g/mol. The number of amides is 2. The van der Waals surface area contributed by atoms with Crippen LogP contribution in [0.1, 0.15) is 244 Å². The number of hydrogen-bond acceptors (Lipinski definition) is 2. The highest BCUT2D eigenvalue weighted by Crippen LogP contribution is 2.47. The third-order valence-corrected chi connectivity index (χ3v) is 13.8. The van der Waals surface area contributed by atoms with Gasteiger partial charge in [-0.15, -0.1) is 0 Å². The highest BCUT2D eigenvalue weighted by molar-refractivity contribution is 6.49. The number of nitrogens with zero attached hydrogens (tertiary/aromatic N) is 2. The zero-order chi connectivity index (χ0) is 42.6. The van der Waals surface area contributed by atoms with Gasteiger partial charge in [-0.1, -0.05) is 244 Å². The van der Waals surface area contributed by atoms with E-state index in [1.54, 1.807) is 0 Å². The van der Waals surface area contributed by atoms with E-state index >= 15 is 0 Å². The first-order valence-electron chi connectivity index (χ1n) is 26.1. The predicted octanol–water partition coefficient (Wildman–Crippen LogP) is 17.1. The molecule has 0 aliphatic carbocycles. The Bertz CT molecular complexity index is 1400. The van der Waals surface area contributed by atoms with Crippen LogP contribution in [0.3, 0.4) is 0 Å². The van der Waals surface area contributed by atoms with Gasteiger partial charge < -0.3 is 9.80 Å². The number of hydrogen-bond donors (Lipinski definition) is 0. The summed E-state index contributed by atoms with van der Waals surface area (Å²) in [4.78, 5) is 34.1. The molecule has 0 fully saturated rings. The molecule has 4 rings (SSSR count). The number of anilines is 2. The van der Waals surface area contributed by atoms with E-state index in [1.807, 2.05) is 12.1 Å². The van der Waals surface area contributed by atoms with Crippen molar-refractivity contribution < 1.29 is 9.59 Å². The molecule has 0 bridgehead atoms. The molecule has 0 saturated heterocycles. The molecular weight excluding hydrogens is 733 g/mol. The van der Waals surface area contributed by atoms with Gasteiger partial charge >= 0.3 is 0 Å². The molecule has 60 heavy (non-hydrogen) atoms. The lowest BCUT2D eigenvalue weighted by molar-refractivity contribution is -0.114. The van der Waals surface area contributed by atoms with Gasteiger partial charge in [-0.05, 0) is 49.7 Å². The van der Waals surface area contributed by atoms with Crippen LogP contribution in [0.15, 0.2) is 48.5 Å². The summed E-state index contributed by atoms with van der Waals surface area (Å²) >= 11 is 0. The standard InChI is InChI=1S/C56H90N2O2/c1-5-9-13-17-21-23-27-31-39-47(37-29-25-19-15-11-7-3)45-57-51-43-35-33-41-49(51)53(55(57)59)54-50-42-34-36-44-52(50)58(56(54)60)46-48(38-30-26-20-16-12-8-4)40-32-28-24-22-18-14-10-6-2/h33-36,41-44,47-48H,5-32,37-40,45-46H2,1-4H3/b54-53-. The molecule has 2 aliphatic rings. The molecule has 2 amide bonds. The number of unbranched alkanes of at least 4 members (excludes halogenated alkanes) is 24. The predicted molar refractivity (Wildman–Crippen MR) is 262 cm³/mol. The largest absolute Gasteiger partial charge is 0.307 e. The summed E-state index contributed by atoms with van der Waals surface area (Å²) in [5.74, 6) is 1.00. The maximum atomic E-state index is 15.0. The van der Waals surface area contributed by atoms with E-state index in [9.17, 15) is 9.59 Å². The van der Waals surface area contributed by atoms with Crippen molar-refractivity contribution >= 4 is 34.3 Å². The smallest absolute Gasteiger partial charge is 0.259 e. The van der Waals surface area contributed by atoms with Crippen molar-refractivity contribution in [2.24, 2.45) is 11.8 Å². The normalized spacial score (nSPS) is 15.9. The molecule has 0 N–H and O–H groups in total. The Balaban J connectivity index is 1.51. The van der Waals surface area contributed by atoms with Crippen molar-refractivity contribution in [2.45, 2.75) is 233 Å². The topological polar surface area (TPSA) is 40.6 Å². The highest BCUT2D eigenvalue weighted by atomic mass is 16.2. The van der Waals surface area contributed by atoms with E-state index in [4.69, 9.17) is 0 Å². The molecule has 4 nitrogen and oxygen atoms in total. The molecule has 336 valence electrons. The second kappa shape index (κ2) is 30.2. The Labute approximate surface area is 370 Å². The van der Waals surface area contributed by atoms with Gasteiger partial charge in [0.25, 0.3) is 11.8 Å². The van der Waals surface area contributed by atoms with Gasteiger partial charge in [0.05, 0.1) is 22.5 Å². The molecule has 2 aliphatic heterocycles. The molecule has 2 heterocycles. The van der Waals surface area contributed by atoms with E-state index < -0.39 is 0 Å². The minimum absolute atomic E-state index is 0.0302. The Hall–Kier alpha value is -2.88. The van der Waals surface area contributed by atoms with Crippen LogP contribution >= 0.6 is 0 Å². The Kier molecular flexibility index (Phi) is 25.1. The van der Waals surface area contributed by atoms with Crippen molar-refractivity contribution in [3.8, 4) is 0 Å². The van der Waals surface area contributed by atoms with Crippen molar-refractivity contribution in [1.82, 2.24) is 0 Å². The van der Waals surface area contributed by atoms with Gasteiger partial charge in [0.15, 0.2) is 0 Å². The molecule has 2 aromatic rings. The van der Waals surface area contributed by atoms with E-state index in [2.05, 4.69) is 73.9 Å². The number of carbonyl (C=O) groups is 2. The summed E-state index contributed by atoms with van der Waals surface area (Å²) < 4.78 is 0. The van der Waals surface area contributed by atoms with Gasteiger partial charge in [-0.3, -0.25) is 9.59 Å². The fraction of sp³-hybridized carbons (Fsp3) is 0.714. The maximum absolute atomic E-state index is 15.0. The van der Waals surface area contributed by atoms with Crippen LogP contribution in [0.4, 0.5) is 11.4 Å². The number of benzene rings is 2. The minimum atomic E-state index is 0.0302. The molecule has 0 radical (unpaired) electrons. The number of para-hydroxylation sites is 2. The van der Waals surface area contributed by atoms with Crippen LogP contribution in [0.5, 0.6) is 0 Å². The quantitative estimate of drug-likeness (QED) is 0.0507. The number of fused-ring (bicyclic) bond motifs is 2. The SMILES string of the molecule is CCCCCCCCCCC(CCCCCCCC)CN1C(=O)/C(=C2\C(=O)N(CC(CCCCCCCC)CCCCCCCCCC)c3ccccc32)c2ccccc21. The summed E-state index contributed by atoms with van der Waals surface area (Å²) in [5.41, 5.74) is 5.13. The third kappa shape index (κ3) is 16.4. The van der Waals surface area contributed by atoms with E-state index in [0.29, 0.717) is 23.0 Å². The van der Waals surface area contributed by atoms with Crippen LogP contribution in [-0.2, 0) is 9.59 Å². The molecule has 2 aromatic carbocycles. The number of rotatable bonds is 36. The molecule has 2 atom stereocenters. The van der Waals surface area contributed by atoms with Gasteiger partial charge in [0.2, 0.25) is 0 Å².